The lowest BCUT2D eigenvalue weighted by molar-refractivity contribution is -0.167. The molecule has 0 aliphatic carbocycles. The fraction of sp³-hybridized carbons (Fsp3) is 0.850. The average Bonchev–Trinajstić information content (AvgIpc) is 3.31. The molecule has 0 heterocycles. The van der Waals surface area contributed by atoms with Crippen molar-refractivity contribution in [3.8, 4) is 0 Å². The molecule has 0 spiro atoms. The van der Waals surface area contributed by atoms with Crippen molar-refractivity contribution in [1.29, 1.82) is 0 Å². The van der Waals surface area contributed by atoms with Gasteiger partial charge in [-0.3, -0.25) is 14.4 Å². The van der Waals surface area contributed by atoms with Gasteiger partial charge in [-0.05, 0) is 77.0 Å². The second kappa shape index (κ2) is 55.2. The molecule has 1 atom stereocenters. The average molecular weight is 928 g/mol. The summed E-state index contributed by atoms with van der Waals surface area (Å²) >= 11 is 0. The van der Waals surface area contributed by atoms with Gasteiger partial charge >= 0.3 is 17.9 Å². The lowest BCUT2D eigenvalue weighted by Gasteiger charge is -2.18. The van der Waals surface area contributed by atoms with Crippen LogP contribution in [0, 0.1) is 0 Å². The van der Waals surface area contributed by atoms with Gasteiger partial charge in [0.25, 0.3) is 0 Å². The third-order valence-corrected chi connectivity index (χ3v) is 12.9. The first kappa shape index (κ1) is 63.6. The summed E-state index contributed by atoms with van der Waals surface area (Å²) in [5, 5.41) is 0. The van der Waals surface area contributed by atoms with Crippen LogP contribution in [0.25, 0.3) is 0 Å². The van der Waals surface area contributed by atoms with Crippen LogP contribution in [-0.2, 0) is 28.6 Å². The van der Waals surface area contributed by atoms with Gasteiger partial charge in [-0.15, -0.1) is 0 Å². The Morgan fingerprint density at radius 2 is 0.545 bits per heavy atom. The number of esters is 3. The highest BCUT2D eigenvalue weighted by Crippen LogP contribution is 2.17. The van der Waals surface area contributed by atoms with Gasteiger partial charge in [-0.1, -0.05) is 250 Å². The largest absolute Gasteiger partial charge is 0.462 e. The molecule has 0 amide bonds. The Morgan fingerprint density at radius 1 is 0.303 bits per heavy atom. The van der Waals surface area contributed by atoms with Crippen LogP contribution >= 0.6 is 0 Å². The SMILES string of the molecule is CCCCC/C=C\C/C=C\CCCCCCCC(=O)OC(COC(=O)CCCCCCC/C=C\CCCCCC)COC(=O)CCCCCCCCCCCCCCCCCCCCCC. The second-order valence-corrected chi connectivity index (χ2v) is 19.6. The van der Waals surface area contributed by atoms with E-state index in [9.17, 15) is 14.4 Å². The van der Waals surface area contributed by atoms with Crippen molar-refractivity contribution in [2.24, 2.45) is 0 Å². The lowest BCUT2D eigenvalue weighted by Crippen LogP contribution is -2.30. The highest BCUT2D eigenvalue weighted by atomic mass is 16.6. The maximum Gasteiger partial charge on any atom is 0.306 e. The molecule has 0 saturated carbocycles. The molecule has 0 aromatic heterocycles. The van der Waals surface area contributed by atoms with Crippen LogP contribution in [-0.4, -0.2) is 37.2 Å². The number of carbonyl (C=O) groups is 3. The maximum absolute atomic E-state index is 12.8. The first-order valence-electron chi connectivity index (χ1n) is 29.0. The molecule has 0 radical (unpaired) electrons. The summed E-state index contributed by atoms with van der Waals surface area (Å²) in [7, 11) is 0. The molecule has 0 fully saturated rings. The summed E-state index contributed by atoms with van der Waals surface area (Å²) in [4.78, 5) is 38.1. The molecule has 0 aliphatic rings. The van der Waals surface area contributed by atoms with Crippen molar-refractivity contribution in [2.75, 3.05) is 13.2 Å². The predicted octanol–water partition coefficient (Wildman–Crippen LogP) is 19.3. The molecule has 1 unspecified atom stereocenters. The maximum atomic E-state index is 12.8. The van der Waals surface area contributed by atoms with Crippen molar-refractivity contribution < 1.29 is 28.6 Å². The first-order chi connectivity index (χ1) is 32.5. The zero-order valence-electron chi connectivity index (χ0n) is 44.2. The van der Waals surface area contributed by atoms with Gasteiger partial charge in [-0.25, -0.2) is 0 Å². The van der Waals surface area contributed by atoms with Gasteiger partial charge in [-0.2, -0.15) is 0 Å². The standard InChI is InChI=1S/C60H110O6/c1-4-7-10-13-16-19-22-25-27-28-29-30-31-33-35-38-41-44-47-50-53-59(62)65-56-57(55-64-58(61)52-49-46-43-40-37-34-24-21-18-15-12-9-6-3)66-60(63)54-51-48-45-42-39-36-32-26-23-20-17-14-11-8-5-2/h17,20-21,24,26,32,57H,4-16,18-19,22-23,25,27-31,33-56H2,1-3H3/b20-17-,24-21-,32-26-. The molecule has 6 nitrogen and oxygen atoms in total. The Morgan fingerprint density at radius 3 is 0.894 bits per heavy atom. The molecule has 6 heteroatoms. The minimum absolute atomic E-state index is 0.0770. The van der Waals surface area contributed by atoms with Crippen molar-refractivity contribution in [2.45, 2.75) is 316 Å². The quantitative estimate of drug-likeness (QED) is 0.0262. The highest BCUT2D eigenvalue weighted by molar-refractivity contribution is 5.71. The molecule has 0 bridgehead atoms. The van der Waals surface area contributed by atoms with E-state index in [1.165, 1.54) is 180 Å². The van der Waals surface area contributed by atoms with Crippen LogP contribution in [0.2, 0.25) is 0 Å². The number of hydrogen-bond donors (Lipinski definition) is 0. The second-order valence-electron chi connectivity index (χ2n) is 19.6. The van der Waals surface area contributed by atoms with E-state index in [1.54, 1.807) is 0 Å². The molecule has 0 aliphatic heterocycles. The van der Waals surface area contributed by atoms with Crippen LogP contribution in [0.3, 0.4) is 0 Å². The molecule has 0 N–H and O–H groups in total. The fourth-order valence-electron chi connectivity index (χ4n) is 8.47. The van der Waals surface area contributed by atoms with Crippen LogP contribution < -0.4 is 0 Å². The molecule has 0 aromatic rings. The highest BCUT2D eigenvalue weighted by Gasteiger charge is 2.19. The molecule has 386 valence electrons. The molecule has 0 rings (SSSR count). The van der Waals surface area contributed by atoms with Crippen molar-refractivity contribution in [3.05, 3.63) is 36.5 Å². The Balaban J connectivity index is 4.32. The number of carbonyl (C=O) groups excluding carboxylic acids is 3. The zero-order valence-corrected chi connectivity index (χ0v) is 44.2. The van der Waals surface area contributed by atoms with Gasteiger partial charge in [0.2, 0.25) is 0 Å². The summed E-state index contributed by atoms with van der Waals surface area (Å²) in [6.45, 7) is 6.62. The molecular formula is C60H110O6. The van der Waals surface area contributed by atoms with E-state index in [-0.39, 0.29) is 31.1 Å². The number of hydrogen-bond acceptors (Lipinski definition) is 6. The fourth-order valence-corrected chi connectivity index (χ4v) is 8.47. The smallest absolute Gasteiger partial charge is 0.306 e. The van der Waals surface area contributed by atoms with Gasteiger partial charge in [0.05, 0.1) is 0 Å². The Bertz CT molecular complexity index is 1110. The van der Waals surface area contributed by atoms with E-state index in [0.717, 1.165) is 89.9 Å². The molecule has 66 heavy (non-hydrogen) atoms. The summed E-state index contributed by atoms with van der Waals surface area (Å²) < 4.78 is 16.9. The van der Waals surface area contributed by atoms with E-state index >= 15 is 0 Å². The monoisotopic (exact) mass is 927 g/mol. The molecule has 0 aromatic carbocycles. The Hall–Kier alpha value is -2.37. The number of rotatable bonds is 53. The van der Waals surface area contributed by atoms with E-state index in [4.69, 9.17) is 14.2 Å². The summed E-state index contributed by atoms with van der Waals surface area (Å²) in [5.74, 6) is -0.884. The normalized spacial score (nSPS) is 12.2. The van der Waals surface area contributed by atoms with Crippen molar-refractivity contribution in [1.82, 2.24) is 0 Å². The van der Waals surface area contributed by atoms with Crippen molar-refractivity contribution in [3.63, 3.8) is 0 Å². The third kappa shape index (κ3) is 52.6. The zero-order chi connectivity index (χ0) is 47.9. The van der Waals surface area contributed by atoms with Crippen LogP contribution in [0.15, 0.2) is 36.5 Å². The van der Waals surface area contributed by atoms with E-state index in [1.807, 2.05) is 0 Å². The van der Waals surface area contributed by atoms with E-state index in [2.05, 4.69) is 57.2 Å². The minimum Gasteiger partial charge on any atom is -0.462 e. The number of ether oxygens (including phenoxy) is 3. The number of unbranched alkanes of at least 4 members (excludes halogenated alkanes) is 36. The molecular weight excluding hydrogens is 817 g/mol. The lowest BCUT2D eigenvalue weighted by atomic mass is 10.0. The topological polar surface area (TPSA) is 78.9 Å². The van der Waals surface area contributed by atoms with E-state index in [0.29, 0.717) is 19.3 Å². The van der Waals surface area contributed by atoms with Crippen LogP contribution in [0.4, 0.5) is 0 Å². The van der Waals surface area contributed by atoms with Crippen LogP contribution in [0.1, 0.15) is 310 Å². The Kier molecular flexibility index (Phi) is 53.2. The Labute approximate surface area is 410 Å². The summed E-state index contributed by atoms with van der Waals surface area (Å²) in [5.41, 5.74) is 0. The van der Waals surface area contributed by atoms with E-state index < -0.39 is 6.10 Å². The van der Waals surface area contributed by atoms with Crippen LogP contribution in [0.5, 0.6) is 0 Å². The van der Waals surface area contributed by atoms with Gasteiger partial charge in [0.15, 0.2) is 6.10 Å². The van der Waals surface area contributed by atoms with Gasteiger partial charge in [0, 0.05) is 19.3 Å². The number of allylic oxidation sites excluding steroid dienone is 6. The third-order valence-electron chi connectivity index (χ3n) is 12.9. The predicted molar refractivity (Wildman–Crippen MR) is 284 cm³/mol. The van der Waals surface area contributed by atoms with Crippen molar-refractivity contribution >= 4 is 17.9 Å². The molecule has 0 saturated heterocycles. The summed E-state index contributed by atoms with van der Waals surface area (Å²) in [6.07, 6.45) is 65.6. The van der Waals surface area contributed by atoms with Gasteiger partial charge < -0.3 is 14.2 Å². The van der Waals surface area contributed by atoms with Gasteiger partial charge in [0.1, 0.15) is 13.2 Å². The summed E-state index contributed by atoms with van der Waals surface area (Å²) in [6, 6.07) is 0. The first-order valence-corrected chi connectivity index (χ1v) is 29.0. The minimum atomic E-state index is -0.780.